The second-order valence-corrected chi connectivity index (χ2v) is 6.87. The molecule has 1 aromatic rings. The molecule has 84 valence electrons. The Balaban J connectivity index is 2.10. The van der Waals surface area contributed by atoms with Gasteiger partial charge in [0.25, 0.3) is 0 Å². The van der Waals surface area contributed by atoms with Crippen molar-refractivity contribution < 1.29 is 13.5 Å². The molecule has 1 aromatic heterocycles. The Kier molecular flexibility index (Phi) is 3.08. The molecule has 1 atom stereocenters. The van der Waals surface area contributed by atoms with E-state index in [1.54, 1.807) is 0 Å². The van der Waals surface area contributed by atoms with Gasteiger partial charge in [0.1, 0.15) is 0 Å². The number of rotatable bonds is 3. The van der Waals surface area contributed by atoms with Gasteiger partial charge < -0.3 is 5.11 Å². The van der Waals surface area contributed by atoms with Crippen LogP contribution in [0, 0.1) is 0 Å². The number of aromatic nitrogens is 1. The van der Waals surface area contributed by atoms with Crippen LogP contribution in [0.2, 0.25) is 0 Å². The van der Waals surface area contributed by atoms with Gasteiger partial charge in [-0.25, -0.2) is 13.4 Å². The lowest BCUT2D eigenvalue weighted by Crippen LogP contribution is -2.03. The maximum absolute atomic E-state index is 11.3. The number of hydrogen-bond acceptors (Lipinski definition) is 5. The summed E-state index contributed by atoms with van der Waals surface area (Å²) >= 11 is 1.50. The summed E-state index contributed by atoms with van der Waals surface area (Å²) in [6.45, 7) is 0.0894. The maximum Gasteiger partial charge on any atom is 0.151 e. The maximum atomic E-state index is 11.3. The van der Waals surface area contributed by atoms with Crippen LogP contribution >= 0.6 is 11.3 Å². The first-order chi connectivity index (χ1) is 7.11. The highest BCUT2D eigenvalue weighted by atomic mass is 32.2. The average molecular weight is 247 g/mol. The number of hydrogen-bond donors (Lipinski definition) is 1. The molecule has 1 saturated heterocycles. The van der Waals surface area contributed by atoms with Gasteiger partial charge in [-0.2, -0.15) is 0 Å². The molecule has 4 nitrogen and oxygen atoms in total. The van der Waals surface area contributed by atoms with Gasteiger partial charge in [0, 0.05) is 24.3 Å². The fourth-order valence-corrected chi connectivity index (χ4v) is 4.57. The Morgan fingerprint density at radius 2 is 2.40 bits per heavy atom. The average Bonchev–Trinajstić information content (AvgIpc) is 2.73. The van der Waals surface area contributed by atoms with Crippen LogP contribution < -0.4 is 0 Å². The zero-order chi connectivity index (χ0) is 10.9. The van der Waals surface area contributed by atoms with Crippen molar-refractivity contribution >= 4 is 21.2 Å². The molecule has 2 heterocycles. The van der Waals surface area contributed by atoms with Gasteiger partial charge >= 0.3 is 0 Å². The first kappa shape index (κ1) is 11.0. The molecule has 1 aliphatic rings. The van der Waals surface area contributed by atoms with Gasteiger partial charge in [0.05, 0.1) is 22.2 Å². The third-order valence-electron chi connectivity index (χ3n) is 2.52. The van der Waals surface area contributed by atoms with Crippen LogP contribution in [0.4, 0.5) is 0 Å². The third-order valence-corrected chi connectivity index (χ3v) is 5.34. The minimum Gasteiger partial charge on any atom is -0.396 e. The number of aliphatic hydroxyl groups is 1. The Morgan fingerprint density at radius 1 is 1.60 bits per heavy atom. The van der Waals surface area contributed by atoms with E-state index >= 15 is 0 Å². The van der Waals surface area contributed by atoms with Crippen LogP contribution in [-0.4, -0.2) is 36.6 Å². The van der Waals surface area contributed by atoms with Gasteiger partial charge in [-0.1, -0.05) is 0 Å². The van der Waals surface area contributed by atoms with Crippen LogP contribution in [0.15, 0.2) is 5.38 Å². The second kappa shape index (κ2) is 4.19. The molecule has 0 radical (unpaired) electrons. The first-order valence-electron chi connectivity index (χ1n) is 4.86. The zero-order valence-corrected chi connectivity index (χ0v) is 9.85. The molecule has 0 aromatic carbocycles. The molecule has 6 heteroatoms. The normalized spacial score (nSPS) is 24.5. The summed E-state index contributed by atoms with van der Waals surface area (Å²) in [4.78, 5) is 4.34. The lowest BCUT2D eigenvalue weighted by Gasteiger charge is -2.01. The van der Waals surface area contributed by atoms with Crippen molar-refractivity contribution in [3.8, 4) is 0 Å². The van der Waals surface area contributed by atoms with Crippen LogP contribution in [-0.2, 0) is 16.3 Å². The number of sulfone groups is 1. The summed E-state index contributed by atoms with van der Waals surface area (Å²) < 4.78 is 22.6. The quantitative estimate of drug-likeness (QED) is 0.848. The van der Waals surface area contributed by atoms with Crippen LogP contribution in [0.25, 0.3) is 0 Å². The highest BCUT2D eigenvalue weighted by Crippen LogP contribution is 2.30. The fraction of sp³-hybridized carbons (Fsp3) is 0.667. The summed E-state index contributed by atoms with van der Waals surface area (Å²) in [5, 5.41) is 11.5. The van der Waals surface area contributed by atoms with E-state index in [2.05, 4.69) is 4.98 Å². The Morgan fingerprint density at radius 3 is 3.00 bits per heavy atom. The summed E-state index contributed by atoms with van der Waals surface area (Å²) in [6, 6.07) is 0. The van der Waals surface area contributed by atoms with Gasteiger partial charge in [0.15, 0.2) is 9.84 Å². The van der Waals surface area contributed by atoms with E-state index in [1.807, 2.05) is 5.38 Å². The summed E-state index contributed by atoms with van der Waals surface area (Å²) in [7, 11) is -2.83. The van der Waals surface area contributed by atoms with Gasteiger partial charge in [0.2, 0.25) is 0 Å². The van der Waals surface area contributed by atoms with E-state index < -0.39 is 9.84 Å². The molecule has 1 unspecified atom stereocenters. The lowest BCUT2D eigenvalue weighted by atomic mass is 10.1. The van der Waals surface area contributed by atoms with E-state index in [4.69, 9.17) is 5.11 Å². The molecule has 0 aliphatic carbocycles. The van der Waals surface area contributed by atoms with Crippen molar-refractivity contribution in [3.63, 3.8) is 0 Å². The Hall–Kier alpha value is -0.460. The predicted molar refractivity (Wildman–Crippen MR) is 58.9 cm³/mol. The zero-order valence-electron chi connectivity index (χ0n) is 8.22. The topological polar surface area (TPSA) is 67.3 Å². The molecule has 2 rings (SSSR count). The SMILES string of the molecule is O=S1(=O)CCC(c2nc(CCO)cs2)C1. The number of nitrogens with zero attached hydrogens (tertiary/aromatic N) is 1. The molecule has 15 heavy (non-hydrogen) atoms. The smallest absolute Gasteiger partial charge is 0.151 e. The second-order valence-electron chi connectivity index (χ2n) is 3.75. The molecule has 1 fully saturated rings. The van der Waals surface area contributed by atoms with Gasteiger partial charge in [-0.15, -0.1) is 11.3 Å². The molecule has 1 N–H and O–H groups in total. The summed E-state index contributed by atoms with van der Waals surface area (Å²) in [6.07, 6.45) is 1.24. The molecule has 1 aliphatic heterocycles. The van der Waals surface area contributed by atoms with Crippen molar-refractivity contribution in [2.45, 2.75) is 18.8 Å². The van der Waals surface area contributed by atoms with Crippen molar-refractivity contribution in [3.05, 3.63) is 16.1 Å². The Bertz CT molecular complexity index is 438. The van der Waals surface area contributed by atoms with E-state index in [0.29, 0.717) is 12.8 Å². The standard InChI is InChI=1S/C9H13NO3S2/c11-3-1-8-5-14-9(10-8)7-2-4-15(12,13)6-7/h5,7,11H,1-4,6H2. The number of aliphatic hydroxyl groups excluding tert-OH is 1. The van der Waals surface area contributed by atoms with Gasteiger partial charge in [-0.05, 0) is 6.42 Å². The summed E-state index contributed by atoms with van der Waals surface area (Å²) in [5.74, 6) is 0.596. The lowest BCUT2D eigenvalue weighted by molar-refractivity contribution is 0.298. The molecule has 0 amide bonds. The monoisotopic (exact) mass is 247 g/mol. The largest absolute Gasteiger partial charge is 0.396 e. The van der Waals surface area contributed by atoms with Crippen LogP contribution in [0.5, 0.6) is 0 Å². The highest BCUT2D eigenvalue weighted by Gasteiger charge is 2.30. The van der Waals surface area contributed by atoms with Crippen LogP contribution in [0.1, 0.15) is 23.0 Å². The van der Waals surface area contributed by atoms with E-state index in [9.17, 15) is 8.42 Å². The van der Waals surface area contributed by atoms with E-state index in [1.165, 1.54) is 11.3 Å². The van der Waals surface area contributed by atoms with Crippen LogP contribution in [0.3, 0.4) is 0 Å². The molecule has 0 bridgehead atoms. The summed E-state index contributed by atoms with van der Waals surface area (Å²) in [5.41, 5.74) is 0.863. The molecular weight excluding hydrogens is 234 g/mol. The first-order valence-corrected chi connectivity index (χ1v) is 7.56. The van der Waals surface area contributed by atoms with Crippen molar-refractivity contribution in [1.82, 2.24) is 4.98 Å². The number of thiazole rings is 1. The Labute approximate surface area is 92.9 Å². The molecule has 0 saturated carbocycles. The minimum atomic E-state index is -2.83. The van der Waals surface area contributed by atoms with Gasteiger partial charge in [-0.3, -0.25) is 0 Å². The van der Waals surface area contributed by atoms with Crippen molar-refractivity contribution in [2.75, 3.05) is 18.1 Å². The fourth-order valence-electron chi connectivity index (χ4n) is 1.73. The van der Waals surface area contributed by atoms with E-state index in [-0.39, 0.29) is 24.0 Å². The predicted octanol–water partition coefficient (Wildman–Crippen LogP) is 0.580. The van der Waals surface area contributed by atoms with Crippen molar-refractivity contribution in [1.29, 1.82) is 0 Å². The molecular formula is C9H13NO3S2. The highest BCUT2D eigenvalue weighted by molar-refractivity contribution is 7.91. The van der Waals surface area contributed by atoms with E-state index in [0.717, 1.165) is 10.7 Å². The third kappa shape index (κ3) is 2.56. The minimum absolute atomic E-state index is 0.0763. The van der Waals surface area contributed by atoms with Crippen molar-refractivity contribution in [2.24, 2.45) is 0 Å². The molecule has 0 spiro atoms.